The van der Waals surface area contributed by atoms with Crippen molar-refractivity contribution in [3.63, 3.8) is 0 Å². The van der Waals surface area contributed by atoms with Crippen LogP contribution in [0.2, 0.25) is 0 Å². The fourth-order valence-corrected chi connectivity index (χ4v) is 3.95. The zero-order valence-electron chi connectivity index (χ0n) is 16.1. The van der Waals surface area contributed by atoms with E-state index in [1.807, 2.05) is 39.0 Å². The molecule has 0 bridgehead atoms. The summed E-state index contributed by atoms with van der Waals surface area (Å²) < 4.78 is 32.9. The molecule has 0 radical (unpaired) electrons. The SMILES string of the molecule is CCOc1cc(C)ccc1NC(=O)CCNS(=O)(=O)c1cc(C)ccc1C. The fraction of sp³-hybridized carbons (Fsp3) is 0.350. The highest BCUT2D eigenvalue weighted by Crippen LogP contribution is 2.26. The maximum atomic E-state index is 12.5. The Morgan fingerprint density at radius 1 is 1.04 bits per heavy atom. The topological polar surface area (TPSA) is 84.5 Å². The van der Waals surface area contributed by atoms with Gasteiger partial charge in [0, 0.05) is 13.0 Å². The predicted molar refractivity (Wildman–Crippen MR) is 107 cm³/mol. The van der Waals surface area contributed by atoms with Crippen molar-refractivity contribution >= 4 is 21.6 Å². The van der Waals surface area contributed by atoms with Gasteiger partial charge in [-0.3, -0.25) is 4.79 Å². The van der Waals surface area contributed by atoms with Gasteiger partial charge in [-0.25, -0.2) is 13.1 Å². The van der Waals surface area contributed by atoms with E-state index in [2.05, 4.69) is 10.0 Å². The second-order valence-corrected chi connectivity index (χ2v) is 8.13. The molecule has 6 nitrogen and oxygen atoms in total. The molecule has 0 aliphatic carbocycles. The number of ether oxygens (including phenoxy) is 1. The minimum absolute atomic E-state index is 0.0113. The number of anilines is 1. The smallest absolute Gasteiger partial charge is 0.240 e. The van der Waals surface area contributed by atoms with Gasteiger partial charge in [-0.15, -0.1) is 0 Å². The number of carbonyl (C=O) groups is 1. The van der Waals surface area contributed by atoms with E-state index in [9.17, 15) is 13.2 Å². The third kappa shape index (κ3) is 5.80. The van der Waals surface area contributed by atoms with Gasteiger partial charge < -0.3 is 10.1 Å². The molecule has 2 N–H and O–H groups in total. The van der Waals surface area contributed by atoms with Crippen LogP contribution >= 0.6 is 0 Å². The van der Waals surface area contributed by atoms with Gasteiger partial charge in [-0.1, -0.05) is 18.2 Å². The van der Waals surface area contributed by atoms with E-state index < -0.39 is 10.0 Å². The van der Waals surface area contributed by atoms with Gasteiger partial charge >= 0.3 is 0 Å². The van der Waals surface area contributed by atoms with Gasteiger partial charge in [0.2, 0.25) is 15.9 Å². The predicted octanol–water partition coefficient (Wildman–Crippen LogP) is 3.32. The van der Waals surface area contributed by atoms with E-state index in [0.717, 1.165) is 11.1 Å². The molecule has 146 valence electrons. The lowest BCUT2D eigenvalue weighted by Crippen LogP contribution is -2.28. The lowest BCUT2D eigenvalue weighted by atomic mass is 10.2. The number of rotatable bonds is 8. The van der Waals surface area contributed by atoms with Crippen molar-refractivity contribution in [1.82, 2.24) is 4.72 Å². The van der Waals surface area contributed by atoms with Gasteiger partial charge in [0.1, 0.15) is 5.75 Å². The van der Waals surface area contributed by atoms with Gasteiger partial charge in [0.15, 0.2) is 0 Å². The van der Waals surface area contributed by atoms with Crippen molar-refractivity contribution in [1.29, 1.82) is 0 Å². The largest absolute Gasteiger partial charge is 0.492 e. The van der Waals surface area contributed by atoms with Crippen LogP contribution in [0.15, 0.2) is 41.3 Å². The van der Waals surface area contributed by atoms with E-state index in [0.29, 0.717) is 23.6 Å². The van der Waals surface area contributed by atoms with Crippen LogP contribution < -0.4 is 14.8 Å². The Bertz CT molecular complexity index is 924. The Balaban J connectivity index is 1.97. The molecule has 0 saturated carbocycles. The van der Waals surface area contributed by atoms with Crippen molar-refractivity contribution in [3.05, 3.63) is 53.1 Å². The molecule has 1 amide bonds. The minimum Gasteiger partial charge on any atom is -0.492 e. The van der Waals surface area contributed by atoms with Crippen LogP contribution in [0.4, 0.5) is 5.69 Å². The van der Waals surface area contributed by atoms with Crippen molar-refractivity contribution in [2.45, 2.75) is 39.0 Å². The summed E-state index contributed by atoms with van der Waals surface area (Å²) in [6, 6.07) is 10.8. The van der Waals surface area contributed by atoms with Crippen molar-refractivity contribution in [2.75, 3.05) is 18.5 Å². The summed E-state index contributed by atoms with van der Waals surface area (Å²) in [4.78, 5) is 12.4. The van der Waals surface area contributed by atoms with Crippen LogP contribution in [-0.2, 0) is 14.8 Å². The molecule has 0 saturated heterocycles. The summed E-state index contributed by atoms with van der Waals surface area (Å²) in [5.41, 5.74) is 3.13. The first-order valence-corrected chi connectivity index (χ1v) is 10.3. The highest BCUT2D eigenvalue weighted by molar-refractivity contribution is 7.89. The third-order valence-corrected chi connectivity index (χ3v) is 5.59. The molecule has 27 heavy (non-hydrogen) atoms. The number of amides is 1. The van der Waals surface area contributed by atoms with Crippen molar-refractivity contribution in [2.24, 2.45) is 0 Å². The Labute approximate surface area is 161 Å². The molecule has 0 aliphatic heterocycles. The molecule has 2 aromatic carbocycles. The highest BCUT2D eigenvalue weighted by Gasteiger charge is 2.17. The average Bonchev–Trinajstić information content (AvgIpc) is 2.59. The molecule has 0 aliphatic rings. The van der Waals surface area contributed by atoms with Crippen LogP contribution in [0.3, 0.4) is 0 Å². The van der Waals surface area contributed by atoms with Crippen LogP contribution in [0.25, 0.3) is 0 Å². The van der Waals surface area contributed by atoms with E-state index in [1.165, 1.54) is 0 Å². The molecule has 2 rings (SSSR count). The molecule has 2 aromatic rings. The van der Waals surface area contributed by atoms with Gasteiger partial charge in [0.05, 0.1) is 17.2 Å². The van der Waals surface area contributed by atoms with Gasteiger partial charge in [0.25, 0.3) is 0 Å². The summed E-state index contributed by atoms with van der Waals surface area (Å²) >= 11 is 0. The summed E-state index contributed by atoms with van der Waals surface area (Å²) in [5, 5.41) is 2.77. The zero-order chi connectivity index (χ0) is 20.0. The number of carbonyl (C=O) groups excluding carboxylic acids is 1. The molecule has 0 atom stereocenters. The Hall–Kier alpha value is -2.38. The Morgan fingerprint density at radius 2 is 1.70 bits per heavy atom. The molecule has 7 heteroatoms. The maximum Gasteiger partial charge on any atom is 0.240 e. The van der Waals surface area contributed by atoms with Gasteiger partial charge in [-0.2, -0.15) is 0 Å². The van der Waals surface area contributed by atoms with Crippen LogP contribution in [-0.4, -0.2) is 27.5 Å². The normalized spacial score (nSPS) is 11.3. The zero-order valence-corrected chi connectivity index (χ0v) is 16.9. The fourth-order valence-electron chi connectivity index (χ4n) is 2.59. The first-order chi connectivity index (χ1) is 12.7. The number of sulfonamides is 1. The molecular formula is C20H26N2O4S. The second kappa shape index (κ2) is 9.01. The Morgan fingerprint density at radius 3 is 2.41 bits per heavy atom. The quantitative estimate of drug-likeness (QED) is 0.724. The van der Waals surface area contributed by atoms with E-state index >= 15 is 0 Å². The number of hydrogen-bond donors (Lipinski definition) is 2. The maximum absolute atomic E-state index is 12.5. The lowest BCUT2D eigenvalue weighted by Gasteiger charge is -2.13. The first-order valence-electron chi connectivity index (χ1n) is 8.83. The Kier molecular flexibility index (Phi) is 6.98. The summed E-state index contributed by atoms with van der Waals surface area (Å²) in [7, 11) is -3.66. The van der Waals surface area contributed by atoms with E-state index in [4.69, 9.17) is 4.74 Å². The number of benzene rings is 2. The van der Waals surface area contributed by atoms with Crippen LogP contribution in [0.5, 0.6) is 5.75 Å². The molecule has 0 spiro atoms. The first kappa shape index (κ1) is 20.9. The standard InChI is InChI=1S/C20H26N2O4S/c1-5-26-18-12-14(2)7-9-17(18)22-20(23)10-11-21-27(24,25)19-13-15(3)6-8-16(19)4/h6-9,12-13,21H,5,10-11H2,1-4H3,(H,22,23). The number of nitrogens with one attached hydrogen (secondary N) is 2. The molecular weight excluding hydrogens is 364 g/mol. The molecule has 0 fully saturated rings. The number of hydrogen-bond acceptors (Lipinski definition) is 4. The highest BCUT2D eigenvalue weighted by atomic mass is 32.2. The molecule has 0 unspecified atom stereocenters. The molecule has 0 heterocycles. The average molecular weight is 391 g/mol. The summed E-state index contributed by atoms with van der Waals surface area (Å²) in [5.74, 6) is 0.310. The number of aryl methyl sites for hydroxylation is 3. The van der Waals surface area contributed by atoms with Crippen LogP contribution in [0, 0.1) is 20.8 Å². The second-order valence-electron chi connectivity index (χ2n) is 6.40. The van der Waals surface area contributed by atoms with Crippen molar-refractivity contribution in [3.8, 4) is 5.75 Å². The minimum atomic E-state index is -3.66. The monoisotopic (exact) mass is 390 g/mol. The third-order valence-electron chi connectivity index (χ3n) is 3.99. The van der Waals surface area contributed by atoms with E-state index in [1.54, 1.807) is 25.1 Å². The van der Waals surface area contributed by atoms with Crippen molar-refractivity contribution < 1.29 is 17.9 Å². The summed E-state index contributed by atoms with van der Waals surface area (Å²) in [6.45, 7) is 7.89. The lowest BCUT2D eigenvalue weighted by molar-refractivity contribution is -0.116. The van der Waals surface area contributed by atoms with E-state index in [-0.39, 0.29) is 23.8 Å². The summed E-state index contributed by atoms with van der Waals surface area (Å²) in [6.07, 6.45) is 0.0174. The van der Waals surface area contributed by atoms with Crippen LogP contribution in [0.1, 0.15) is 30.0 Å². The molecule has 0 aromatic heterocycles. The van der Waals surface area contributed by atoms with Gasteiger partial charge in [-0.05, 0) is 62.6 Å².